The second-order valence-corrected chi connectivity index (χ2v) is 4.34. The summed E-state index contributed by atoms with van der Waals surface area (Å²) in [4.78, 5) is 0. The molecule has 1 aliphatic carbocycles. The van der Waals surface area contributed by atoms with Crippen molar-refractivity contribution in [1.82, 2.24) is 0 Å². The Hall–Kier alpha value is -0.0800. The molecule has 3 aliphatic rings. The third kappa shape index (κ3) is 1.09. The molecule has 2 bridgehead atoms. The van der Waals surface area contributed by atoms with Crippen LogP contribution >= 0.6 is 0 Å². The van der Waals surface area contributed by atoms with Crippen molar-refractivity contribution in [1.29, 1.82) is 0 Å². The van der Waals surface area contributed by atoms with Crippen molar-refractivity contribution in [2.45, 2.75) is 50.9 Å². The topological polar surface area (TPSA) is 29.5 Å². The highest BCUT2D eigenvalue weighted by Gasteiger charge is 2.46. The Balaban J connectivity index is 2.16. The van der Waals surface area contributed by atoms with Crippen molar-refractivity contribution in [3.8, 4) is 0 Å². The summed E-state index contributed by atoms with van der Waals surface area (Å²) in [6.07, 6.45) is 3.15. The van der Waals surface area contributed by atoms with E-state index in [1.165, 1.54) is 6.42 Å². The van der Waals surface area contributed by atoms with Crippen molar-refractivity contribution in [3.63, 3.8) is 0 Å². The molecule has 64 valence electrons. The fraction of sp³-hybridized carbons (Fsp3) is 1.00. The van der Waals surface area contributed by atoms with Crippen molar-refractivity contribution in [2.75, 3.05) is 0 Å². The quantitative estimate of drug-likeness (QED) is 0.573. The van der Waals surface area contributed by atoms with Gasteiger partial charge >= 0.3 is 0 Å². The van der Waals surface area contributed by atoms with E-state index in [0.29, 0.717) is 5.92 Å². The van der Waals surface area contributed by atoms with E-state index in [2.05, 4.69) is 13.8 Å². The number of rotatable bonds is 0. The van der Waals surface area contributed by atoms with Crippen LogP contribution in [-0.4, -0.2) is 22.9 Å². The van der Waals surface area contributed by atoms with E-state index in [1.807, 2.05) is 0 Å². The van der Waals surface area contributed by atoms with Crippen LogP contribution in [0.15, 0.2) is 0 Å². The molecular formula is C9H16O2. The molecule has 2 nitrogen and oxygen atoms in total. The molecule has 3 rings (SSSR count). The molecule has 2 aliphatic heterocycles. The van der Waals surface area contributed by atoms with Gasteiger partial charge in [-0.1, -0.05) is 0 Å². The normalized spacial score (nSPS) is 47.7. The highest BCUT2D eigenvalue weighted by molar-refractivity contribution is 4.95. The lowest BCUT2D eigenvalue weighted by Crippen LogP contribution is -2.54. The number of hydrogen-bond acceptors (Lipinski definition) is 2. The lowest BCUT2D eigenvalue weighted by Gasteiger charge is -2.50. The van der Waals surface area contributed by atoms with Gasteiger partial charge in [0.15, 0.2) is 0 Å². The zero-order valence-corrected chi connectivity index (χ0v) is 7.21. The van der Waals surface area contributed by atoms with Crippen LogP contribution in [0.25, 0.3) is 0 Å². The van der Waals surface area contributed by atoms with Crippen molar-refractivity contribution in [2.24, 2.45) is 5.92 Å². The molecule has 0 aromatic heterocycles. The third-order valence-electron chi connectivity index (χ3n) is 3.19. The molecule has 1 saturated carbocycles. The molecule has 2 heteroatoms. The highest BCUT2D eigenvalue weighted by atomic mass is 16.5. The smallest absolute Gasteiger partial charge is 0.0841 e. The molecule has 0 spiro atoms. The van der Waals surface area contributed by atoms with E-state index < -0.39 is 0 Å². The fourth-order valence-corrected chi connectivity index (χ4v) is 2.37. The van der Waals surface area contributed by atoms with Gasteiger partial charge in [0, 0.05) is 0 Å². The predicted molar refractivity (Wildman–Crippen MR) is 42.3 cm³/mol. The molecular weight excluding hydrogens is 140 g/mol. The molecule has 0 radical (unpaired) electrons. The number of aliphatic hydroxyl groups excluding tert-OH is 1. The number of aliphatic hydroxyl groups is 1. The molecule has 0 amide bonds. The third-order valence-corrected chi connectivity index (χ3v) is 3.19. The van der Waals surface area contributed by atoms with Crippen LogP contribution < -0.4 is 0 Å². The Kier molecular flexibility index (Phi) is 1.52. The monoisotopic (exact) mass is 156 g/mol. The highest BCUT2D eigenvalue weighted by Crippen LogP contribution is 2.43. The average molecular weight is 156 g/mol. The van der Waals surface area contributed by atoms with E-state index >= 15 is 0 Å². The van der Waals surface area contributed by atoms with Gasteiger partial charge in [0.25, 0.3) is 0 Å². The van der Waals surface area contributed by atoms with Gasteiger partial charge in [-0.3, -0.25) is 0 Å². The van der Waals surface area contributed by atoms with Crippen molar-refractivity contribution >= 4 is 0 Å². The Morgan fingerprint density at radius 3 is 2.36 bits per heavy atom. The number of hydrogen-bond donors (Lipinski definition) is 1. The molecule has 2 heterocycles. The molecule has 11 heavy (non-hydrogen) atoms. The minimum absolute atomic E-state index is 0.0160. The Morgan fingerprint density at radius 2 is 2.09 bits per heavy atom. The number of fused-ring (bicyclic) bond motifs is 3. The summed E-state index contributed by atoms with van der Waals surface area (Å²) in [7, 11) is 0. The van der Waals surface area contributed by atoms with Gasteiger partial charge < -0.3 is 9.84 Å². The lowest BCUT2D eigenvalue weighted by molar-refractivity contribution is -0.221. The van der Waals surface area contributed by atoms with E-state index in [-0.39, 0.29) is 17.8 Å². The first-order valence-corrected chi connectivity index (χ1v) is 4.45. The molecule has 3 atom stereocenters. The van der Waals surface area contributed by atoms with Crippen LogP contribution in [0.4, 0.5) is 0 Å². The second-order valence-electron chi connectivity index (χ2n) is 4.34. The Bertz CT molecular complexity index is 165. The second kappa shape index (κ2) is 2.20. The summed E-state index contributed by atoms with van der Waals surface area (Å²) in [5.41, 5.74) is 0.0160. The van der Waals surface area contributed by atoms with Gasteiger partial charge in [0.2, 0.25) is 0 Å². The minimum Gasteiger partial charge on any atom is -0.390 e. The summed E-state index contributed by atoms with van der Waals surface area (Å²) < 4.78 is 5.73. The standard InChI is InChI=1S/C9H16O2/c1-9(2)6-3-4-8(11-9)7(10)5-6/h6-8,10H,3-5H2,1-2H3/t6-,7+,8+/m0/s1. The Labute approximate surface area is 67.6 Å². The summed E-state index contributed by atoms with van der Waals surface area (Å²) in [6.45, 7) is 4.27. The number of ether oxygens (including phenoxy) is 1. The van der Waals surface area contributed by atoms with Crippen molar-refractivity contribution in [3.05, 3.63) is 0 Å². The van der Waals surface area contributed by atoms with Crippen LogP contribution in [0.5, 0.6) is 0 Å². The van der Waals surface area contributed by atoms with Gasteiger partial charge in [-0.2, -0.15) is 0 Å². The first-order chi connectivity index (χ1) is 5.09. The lowest BCUT2D eigenvalue weighted by atomic mass is 9.73. The van der Waals surface area contributed by atoms with E-state index in [9.17, 15) is 5.11 Å². The van der Waals surface area contributed by atoms with Crippen LogP contribution in [0, 0.1) is 5.92 Å². The van der Waals surface area contributed by atoms with Gasteiger partial charge in [-0.25, -0.2) is 0 Å². The maximum absolute atomic E-state index is 9.51. The summed E-state index contributed by atoms with van der Waals surface area (Å²) in [5.74, 6) is 0.572. The molecule has 1 N–H and O–H groups in total. The van der Waals surface area contributed by atoms with Crippen LogP contribution in [0.3, 0.4) is 0 Å². The van der Waals surface area contributed by atoms with E-state index in [0.717, 1.165) is 12.8 Å². The van der Waals surface area contributed by atoms with Gasteiger partial charge in [-0.05, 0) is 39.0 Å². The SMILES string of the molecule is CC1(C)O[C@@H]2CC[C@H]1C[C@H]2O. The first-order valence-electron chi connectivity index (χ1n) is 4.45. The molecule has 2 saturated heterocycles. The zero-order valence-electron chi connectivity index (χ0n) is 7.21. The fourth-order valence-electron chi connectivity index (χ4n) is 2.37. The summed E-state index contributed by atoms with van der Waals surface area (Å²) in [5, 5.41) is 9.51. The van der Waals surface area contributed by atoms with Crippen molar-refractivity contribution < 1.29 is 9.84 Å². The molecule has 0 unspecified atom stereocenters. The van der Waals surface area contributed by atoms with Gasteiger partial charge in [0.05, 0.1) is 17.8 Å². The van der Waals surface area contributed by atoms with E-state index in [1.54, 1.807) is 0 Å². The summed E-state index contributed by atoms with van der Waals surface area (Å²) >= 11 is 0. The maximum Gasteiger partial charge on any atom is 0.0841 e. The Morgan fingerprint density at radius 1 is 1.36 bits per heavy atom. The van der Waals surface area contributed by atoms with Crippen LogP contribution in [0.1, 0.15) is 33.1 Å². The van der Waals surface area contributed by atoms with Crippen LogP contribution in [0.2, 0.25) is 0 Å². The van der Waals surface area contributed by atoms with Crippen LogP contribution in [-0.2, 0) is 4.74 Å². The van der Waals surface area contributed by atoms with E-state index in [4.69, 9.17) is 4.74 Å². The predicted octanol–water partition coefficient (Wildman–Crippen LogP) is 1.32. The molecule has 0 aromatic rings. The summed E-state index contributed by atoms with van der Waals surface area (Å²) in [6, 6.07) is 0. The largest absolute Gasteiger partial charge is 0.390 e. The zero-order chi connectivity index (χ0) is 8.06. The average Bonchev–Trinajstić information content (AvgIpc) is 1.90. The maximum atomic E-state index is 9.51. The minimum atomic E-state index is -0.193. The van der Waals surface area contributed by atoms with Gasteiger partial charge in [-0.15, -0.1) is 0 Å². The first kappa shape index (κ1) is 7.56. The molecule has 0 aromatic carbocycles. The van der Waals surface area contributed by atoms with Gasteiger partial charge in [0.1, 0.15) is 0 Å². The molecule has 3 fully saturated rings.